The highest BCUT2D eigenvalue weighted by atomic mass is 16.5. The van der Waals surface area contributed by atoms with E-state index in [9.17, 15) is 4.79 Å². The summed E-state index contributed by atoms with van der Waals surface area (Å²) in [7, 11) is 3.21. The molecule has 0 radical (unpaired) electrons. The first kappa shape index (κ1) is 20.5. The number of ether oxygens (including phenoxy) is 2. The Hall–Kier alpha value is -3.28. The minimum Gasteiger partial charge on any atom is -0.493 e. The van der Waals surface area contributed by atoms with Crippen LogP contribution in [-0.4, -0.2) is 36.5 Å². The number of rotatable bonds is 8. The Morgan fingerprint density at radius 1 is 1.03 bits per heavy atom. The molecule has 6 heteroatoms. The van der Waals surface area contributed by atoms with Crippen molar-refractivity contribution in [3.63, 3.8) is 0 Å². The van der Waals surface area contributed by atoms with Gasteiger partial charge in [-0.3, -0.25) is 9.48 Å². The lowest BCUT2D eigenvalue weighted by molar-refractivity contribution is -0.128. The van der Waals surface area contributed by atoms with Crippen molar-refractivity contribution >= 4 is 5.91 Å². The molecular weight excluding hydrogens is 366 g/mol. The molecule has 152 valence electrons. The standard InChI is InChI=1S/C23H27N3O3/c1-23(2,22(27)24-13-12-17-8-6-5-7-9-17)26-16-19(15-25-26)18-10-11-20(28-3)21(14-18)29-4/h5-11,14-16H,12-13H2,1-4H3,(H,24,27). The predicted molar refractivity (Wildman–Crippen MR) is 113 cm³/mol. The SMILES string of the molecule is COc1ccc(-c2cnn(C(C)(C)C(=O)NCCc3ccccc3)c2)cc1OC. The Morgan fingerprint density at radius 3 is 2.45 bits per heavy atom. The number of amides is 1. The van der Waals surface area contributed by atoms with Crippen LogP contribution in [0, 0.1) is 0 Å². The summed E-state index contributed by atoms with van der Waals surface area (Å²) in [5.74, 6) is 1.24. The summed E-state index contributed by atoms with van der Waals surface area (Å²) in [6.45, 7) is 4.29. The van der Waals surface area contributed by atoms with E-state index in [1.165, 1.54) is 5.56 Å². The number of carbonyl (C=O) groups excluding carboxylic acids is 1. The molecule has 3 rings (SSSR count). The zero-order valence-electron chi connectivity index (χ0n) is 17.3. The molecule has 1 heterocycles. The molecule has 29 heavy (non-hydrogen) atoms. The fraction of sp³-hybridized carbons (Fsp3) is 0.304. The van der Waals surface area contributed by atoms with Crippen molar-refractivity contribution in [1.29, 1.82) is 0 Å². The van der Waals surface area contributed by atoms with Crippen LogP contribution in [-0.2, 0) is 16.8 Å². The van der Waals surface area contributed by atoms with E-state index in [1.54, 1.807) is 25.1 Å². The van der Waals surface area contributed by atoms with Crippen LogP contribution in [0.5, 0.6) is 11.5 Å². The average molecular weight is 393 g/mol. The van der Waals surface area contributed by atoms with Gasteiger partial charge in [0.2, 0.25) is 5.91 Å². The van der Waals surface area contributed by atoms with Gasteiger partial charge in [0.25, 0.3) is 0 Å². The molecule has 0 aliphatic carbocycles. The number of carbonyl (C=O) groups is 1. The largest absolute Gasteiger partial charge is 0.493 e. The van der Waals surface area contributed by atoms with Crippen LogP contribution in [0.2, 0.25) is 0 Å². The third-order valence-corrected chi connectivity index (χ3v) is 4.97. The molecule has 0 aliphatic rings. The number of hydrogen-bond acceptors (Lipinski definition) is 4. The summed E-state index contributed by atoms with van der Waals surface area (Å²) >= 11 is 0. The molecule has 1 amide bonds. The van der Waals surface area contributed by atoms with E-state index in [2.05, 4.69) is 22.5 Å². The van der Waals surface area contributed by atoms with E-state index in [-0.39, 0.29) is 5.91 Å². The average Bonchev–Trinajstić information content (AvgIpc) is 3.25. The number of nitrogens with one attached hydrogen (secondary N) is 1. The van der Waals surface area contributed by atoms with Gasteiger partial charge in [-0.1, -0.05) is 36.4 Å². The lowest BCUT2D eigenvalue weighted by Crippen LogP contribution is -2.45. The molecule has 0 saturated heterocycles. The number of aromatic nitrogens is 2. The Labute approximate surface area is 171 Å². The molecule has 1 aromatic heterocycles. The van der Waals surface area contributed by atoms with E-state index >= 15 is 0 Å². The Bertz CT molecular complexity index is 965. The molecule has 2 aromatic carbocycles. The van der Waals surface area contributed by atoms with Crippen molar-refractivity contribution < 1.29 is 14.3 Å². The topological polar surface area (TPSA) is 65.4 Å². The van der Waals surface area contributed by atoms with Crippen molar-refractivity contribution in [3.05, 3.63) is 66.5 Å². The van der Waals surface area contributed by atoms with Gasteiger partial charge in [0.05, 0.1) is 20.4 Å². The number of methoxy groups -OCH3 is 2. The normalized spacial score (nSPS) is 11.2. The Kier molecular flexibility index (Phi) is 6.22. The van der Waals surface area contributed by atoms with Gasteiger partial charge >= 0.3 is 0 Å². The van der Waals surface area contributed by atoms with Crippen molar-refractivity contribution in [2.45, 2.75) is 25.8 Å². The lowest BCUT2D eigenvalue weighted by Gasteiger charge is -2.24. The molecule has 1 N–H and O–H groups in total. The highest BCUT2D eigenvalue weighted by Crippen LogP contribution is 2.32. The van der Waals surface area contributed by atoms with Crippen LogP contribution < -0.4 is 14.8 Å². The smallest absolute Gasteiger partial charge is 0.247 e. The lowest BCUT2D eigenvalue weighted by atomic mass is 10.0. The van der Waals surface area contributed by atoms with Crippen LogP contribution in [0.4, 0.5) is 0 Å². The van der Waals surface area contributed by atoms with Gasteiger partial charge in [-0.2, -0.15) is 5.10 Å². The van der Waals surface area contributed by atoms with Crippen LogP contribution in [0.3, 0.4) is 0 Å². The quantitative estimate of drug-likeness (QED) is 0.634. The maximum atomic E-state index is 12.8. The fourth-order valence-electron chi connectivity index (χ4n) is 3.08. The van der Waals surface area contributed by atoms with Gasteiger partial charge in [-0.25, -0.2) is 0 Å². The van der Waals surface area contributed by atoms with Crippen LogP contribution >= 0.6 is 0 Å². The molecule has 0 aliphatic heterocycles. The summed E-state index contributed by atoms with van der Waals surface area (Å²) in [5.41, 5.74) is 2.22. The second kappa shape index (κ2) is 8.82. The molecule has 0 bridgehead atoms. The van der Waals surface area contributed by atoms with Crippen LogP contribution in [0.25, 0.3) is 11.1 Å². The summed E-state index contributed by atoms with van der Waals surface area (Å²) < 4.78 is 12.4. The van der Waals surface area contributed by atoms with Gasteiger partial charge in [0, 0.05) is 18.3 Å². The fourth-order valence-corrected chi connectivity index (χ4v) is 3.08. The molecule has 0 saturated carbocycles. The van der Waals surface area contributed by atoms with Gasteiger partial charge in [0.15, 0.2) is 11.5 Å². The van der Waals surface area contributed by atoms with E-state index in [0.717, 1.165) is 17.5 Å². The number of nitrogens with zero attached hydrogens (tertiary/aromatic N) is 2. The third kappa shape index (κ3) is 4.59. The van der Waals surface area contributed by atoms with Crippen molar-refractivity contribution in [3.8, 4) is 22.6 Å². The highest BCUT2D eigenvalue weighted by Gasteiger charge is 2.30. The first-order valence-corrected chi connectivity index (χ1v) is 9.55. The number of benzene rings is 2. The predicted octanol–water partition coefficient (Wildman–Crippen LogP) is 3.66. The minimum atomic E-state index is -0.814. The molecule has 0 unspecified atom stereocenters. The maximum absolute atomic E-state index is 12.8. The van der Waals surface area contributed by atoms with Crippen LogP contribution in [0.1, 0.15) is 19.4 Å². The number of hydrogen-bond donors (Lipinski definition) is 1. The zero-order chi connectivity index (χ0) is 20.9. The maximum Gasteiger partial charge on any atom is 0.247 e. The van der Waals surface area contributed by atoms with Gasteiger partial charge in [0.1, 0.15) is 5.54 Å². The monoisotopic (exact) mass is 393 g/mol. The first-order valence-electron chi connectivity index (χ1n) is 9.55. The van der Waals surface area contributed by atoms with Crippen molar-refractivity contribution in [1.82, 2.24) is 15.1 Å². The van der Waals surface area contributed by atoms with Crippen LogP contribution in [0.15, 0.2) is 60.9 Å². The van der Waals surface area contributed by atoms with Crippen molar-refractivity contribution in [2.24, 2.45) is 0 Å². The molecule has 0 fully saturated rings. The highest BCUT2D eigenvalue weighted by molar-refractivity contribution is 5.83. The molecular formula is C23H27N3O3. The Morgan fingerprint density at radius 2 is 1.76 bits per heavy atom. The minimum absolute atomic E-state index is 0.0737. The molecule has 0 spiro atoms. The summed E-state index contributed by atoms with van der Waals surface area (Å²) in [6.07, 6.45) is 4.41. The Balaban J connectivity index is 1.70. The molecule has 6 nitrogen and oxygen atoms in total. The van der Waals surface area contributed by atoms with Crippen molar-refractivity contribution in [2.75, 3.05) is 20.8 Å². The third-order valence-electron chi connectivity index (χ3n) is 4.97. The van der Waals surface area contributed by atoms with Gasteiger partial charge < -0.3 is 14.8 Å². The van der Waals surface area contributed by atoms with E-state index in [0.29, 0.717) is 18.0 Å². The van der Waals surface area contributed by atoms with E-state index in [4.69, 9.17) is 9.47 Å². The second-order valence-electron chi connectivity index (χ2n) is 7.29. The van der Waals surface area contributed by atoms with E-state index in [1.807, 2.05) is 56.4 Å². The summed E-state index contributed by atoms with van der Waals surface area (Å²) in [5, 5.41) is 7.45. The zero-order valence-corrected chi connectivity index (χ0v) is 17.3. The summed E-state index contributed by atoms with van der Waals surface area (Å²) in [4.78, 5) is 12.8. The molecule has 3 aromatic rings. The second-order valence-corrected chi connectivity index (χ2v) is 7.29. The van der Waals surface area contributed by atoms with Gasteiger partial charge in [-0.05, 0) is 43.5 Å². The van der Waals surface area contributed by atoms with E-state index < -0.39 is 5.54 Å². The first-order chi connectivity index (χ1) is 14.0. The van der Waals surface area contributed by atoms with Gasteiger partial charge in [-0.15, -0.1) is 0 Å². The summed E-state index contributed by atoms with van der Waals surface area (Å²) in [6, 6.07) is 15.8. The molecule has 0 atom stereocenters.